The van der Waals surface area contributed by atoms with Crippen molar-refractivity contribution >= 4 is 0 Å². The van der Waals surface area contributed by atoms with Crippen LogP contribution in [0.4, 0.5) is 0 Å². The largest absolute Gasteiger partial charge is 0.390 e. The van der Waals surface area contributed by atoms with Gasteiger partial charge in [-0.05, 0) is 5.92 Å². The fraction of sp³-hybridized carbons (Fsp3) is 1.00. The van der Waals surface area contributed by atoms with E-state index in [2.05, 4.69) is 0 Å². The maximum absolute atomic E-state index is 9.98. The van der Waals surface area contributed by atoms with Crippen molar-refractivity contribution in [2.24, 2.45) is 5.92 Å². The maximum atomic E-state index is 9.98. The van der Waals surface area contributed by atoms with Crippen LogP contribution in [0.15, 0.2) is 0 Å². The smallest absolute Gasteiger partial charge is 0.106 e. The first-order chi connectivity index (χ1) is 5.87. The molecule has 0 aliphatic heterocycles. The first-order valence-electron chi connectivity index (χ1n) is 4.63. The van der Waals surface area contributed by atoms with E-state index in [-0.39, 0.29) is 18.8 Å². The molecule has 0 radical (unpaired) electrons. The molecule has 4 N–H and O–H groups in total. The Morgan fingerprint density at radius 1 is 1.08 bits per heavy atom. The number of hydrogen-bond acceptors (Lipinski definition) is 4. The molecule has 0 amide bonds. The third-order valence-corrected chi connectivity index (χ3v) is 2.99. The van der Waals surface area contributed by atoms with Gasteiger partial charge in [-0.3, -0.25) is 0 Å². The van der Waals surface area contributed by atoms with Gasteiger partial charge in [-0.2, -0.15) is 0 Å². The highest BCUT2D eigenvalue weighted by molar-refractivity contribution is 4.96. The van der Waals surface area contributed by atoms with E-state index >= 15 is 0 Å². The van der Waals surface area contributed by atoms with Crippen LogP contribution in [0.25, 0.3) is 0 Å². The zero-order valence-corrected chi connectivity index (χ0v) is 8.01. The Hall–Kier alpha value is -0.160. The second kappa shape index (κ2) is 3.53. The van der Waals surface area contributed by atoms with E-state index < -0.39 is 23.9 Å². The van der Waals surface area contributed by atoms with Crippen LogP contribution in [0.2, 0.25) is 0 Å². The molecule has 1 aliphatic rings. The molecule has 1 saturated carbocycles. The van der Waals surface area contributed by atoms with Gasteiger partial charge in [-0.25, -0.2) is 0 Å². The predicted molar refractivity (Wildman–Crippen MR) is 47.0 cm³/mol. The van der Waals surface area contributed by atoms with Crippen LogP contribution in [-0.4, -0.2) is 44.3 Å². The van der Waals surface area contributed by atoms with E-state index in [1.165, 1.54) is 0 Å². The fourth-order valence-corrected chi connectivity index (χ4v) is 1.78. The molecule has 0 heterocycles. The van der Waals surface area contributed by atoms with E-state index in [4.69, 9.17) is 0 Å². The molecule has 0 aromatic carbocycles. The summed E-state index contributed by atoms with van der Waals surface area (Å²) in [5.41, 5.74) is -1.06. The number of aliphatic hydroxyl groups excluding tert-OH is 3. The van der Waals surface area contributed by atoms with Crippen molar-refractivity contribution in [1.82, 2.24) is 0 Å². The van der Waals surface area contributed by atoms with E-state index in [9.17, 15) is 20.4 Å². The van der Waals surface area contributed by atoms with Crippen LogP contribution < -0.4 is 0 Å². The summed E-state index contributed by atoms with van der Waals surface area (Å²) in [4.78, 5) is 0. The van der Waals surface area contributed by atoms with Gasteiger partial charge in [0.05, 0.1) is 17.8 Å². The second-order valence-corrected chi connectivity index (χ2v) is 4.29. The molecule has 0 aromatic heterocycles. The molecule has 1 rings (SSSR count). The van der Waals surface area contributed by atoms with Gasteiger partial charge < -0.3 is 20.4 Å². The summed E-state index contributed by atoms with van der Waals surface area (Å²) in [6, 6.07) is 0. The highest BCUT2D eigenvalue weighted by atomic mass is 16.4. The molecule has 0 aromatic rings. The van der Waals surface area contributed by atoms with Gasteiger partial charge in [0.1, 0.15) is 6.10 Å². The first kappa shape index (κ1) is 10.9. The minimum Gasteiger partial charge on any atom is -0.390 e. The van der Waals surface area contributed by atoms with Gasteiger partial charge in [-0.15, -0.1) is 0 Å². The summed E-state index contributed by atoms with van der Waals surface area (Å²) in [7, 11) is 0. The minimum absolute atomic E-state index is 0.0377. The van der Waals surface area contributed by atoms with Crippen LogP contribution in [0.5, 0.6) is 0 Å². The van der Waals surface area contributed by atoms with Crippen LogP contribution in [0.1, 0.15) is 26.7 Å². The molecule has 4 nitrogen and oxygen atoms in total. The Labute approximate surface area is 77.8 Å². The molecular weight excluding hydrogens is 172 g/mol. The van der Waals surface area contributed by atoms with Gasteiger partial charge in [0.25, 0.3) is 0 Å². The Kier molecular flexibility index (Phi) is 2.97. The number of hydrogen-bond donors (Lipinski definition) is 4. The van der Waals surface area contributed by atoms with Gasteiger partial charge in [0.2, 0.25) is 0 Å². The van der Waals surface area contributed by atoms with Crippen LogP contribution >= 0.6 is 0 Å². The molecule has 1 fully saturated rings. The van der Waals surface area contributed by atoms with E-state index in [0.29, 0.717) is 0 Å². The lowest BCUT2D eigenvalue weighted by atomic mass is 9.73. The fourth-order valence-electron chi connectivity index (χ4n) is 1.78. The predicted octanol–water partition coefficient (Wildman–Crippen LogP) is -0.750. The minimum atomic E-state index is -1.13. The van der Waals surface area contributed by atoms with Crippen molar-refractivity contribution in [3.63, 3.8) is 0 Å². The molecule has 0 saturated heterocycles. The number of aliphatic hydroxyl groups is 4. The summed E-state index contributed by atoms with van der Waals surface area (Å²) in [5, 5.41) is 38.0. The van der Waals surface area contributed by atoms with Gasteiger partial charge in [0, 0.05) is 12.8 Å². The molecule has 2 atom stereocenters. The molecule has 0 unspecified atom stereocenters. The van der Waals surface area contributed by atoms with Crippen LogP contribution in [-0.2, 0) is 0 Å². The highest BCUT2D eigenvalue weighted by Gasteiger charge is 2.44. The zero-order valence-electron chi connectivity index (χ0n) is 8.01. The quantitative estimate of drug-likeness (QED) is 0.438. The average molecular weight is 190 g/mol. The third-order valence-electron chi connectivity index (χ3n) is 2.99. The maximum Gasteiger partial charge on any atom is 0.106 e. The summed E-state index contributed by atoms with van der Waals surface area (Å²) in [6.45, 7) is 3.66. The standard InChI is InChI=1S/C9H18O4/c1-5(2)9(13)3-6(10)8(12)7(11)4-9/h5-8,10-13H,3-4H2,1-2H3/t6-,7-,8-,9+/m1/s1. The van der Waals surface area contributed by atoms with Crippen molar-refractivity contribution in [3.8, 4) is 0 Å². The first-order valence-corrected chi connectivity index (χ1v) is 4.63. The Balaban J connectivity index is 2.73. The summed E-state index contributed by atoms with van der Waals surface area (Å²) < 4.78 is 0. The molecule has 4 heteroatoms. The Bertz CT molecular complexity index is 168. The van der Waals surface area contributed by atoms with Crippen molar-refractivity contribution in [2.45, 2.75) is 50.6 Å². The van der Waals surface area contributed by atoms with Gasteiger partial charge >= 0.3 is 0 Å². The average Bonchev–Trinajstić information content (AvgIpc) is 2.00. The van der Waals surface area contributed by atoms with E-state index in [1.54, 1.807) is 0 Å². The normalized spacial score (nSPS) is 46.8. The Morgan fingerprint density at radius 3 is 1.77 bits per heavy atom. The number of rotatable bonds is 1. The van der Waals surface area contributed by atoms with Gasteiger partial charge in [-0.1, -0.05) is 13.8 Å². The molecule has 13 heavy (non-hydrogen) atoms. The molecule has 78 valence electrons. The lowest BCUT2D eigenvalue weighted by Crippen LogP contribution is -2.54. The van der Waals surface area contributed by atoms with Crippen LogP contribution in [0, 0.1) is 5.92 Å². The topological polar surface area (TPSA) is 80.9 Å². The molecule has 0 spiro atoms. The van der Waals surface area contributed by atoms with E-state index in [0.717, 1.165) is 0 Å². The Morgan fingerprint density at radius 2 is 1.46 bits per heavy atom. The van der Waals surface area contributed by atoms with Crippen molar-refractivity contribution in [1.29, 1.82) is 0 Å². The lowest BCUT2D eigenvalue weighted by Gasteiger charge is -2.42. The van der Waals surface area contributed by atoms with Gasteiger partial charge in [0.15, 0.2) is 0 Å². The van der Waals surface area contributed by atoms with Crippen LogP contribution in [0.3, 0.4) is 0 Å². The third kappa shape index (κ3) is 2.02. The monoisotopic (exact) mass is 190 g/mol. The lowest BCUT2D eigenvalue weighted by molar-refractivity contribution is -0.168. The molecular formula is C9H18O4. The van der Waals surface area contributed by atoms with Crippen molar-refractivity contribution in [3.05, 3.63) is 0 Å². The SMILES string of the molecule is CC(C)[C@]1(O)C[C@@H](O)[C@@H](O)[C@H](O)C1. The molecule has 0 bridgehead atoms. The summed E-state index contributed by atoms with van der Waals surface area (Å²) in [5.74, 6) is -0.0377. The summed E-state index contributed by atoms with van der Waals surface area (Å²) in [6.07, 6.45) is -2.93. The van der Waals surface area contributed by atoms with E-state index in [1.807, 2.05) is 13.8 Å². The zero-order chi connectivity index (χ0) is 10.2. The van der Waals surface area contributed by atoms with Crippen molar-refractivity contribution in [2.75, 3.05) is 0 Å². The second-order valence-electron chi connectivity index (χ2n) is 4.29. The summed E-state index contributed by atoms with van der Waals surface area (Å²) >= 11 is 0. The highest BCUT2D eigenvalue weighted by Crippen LogP contribution is 2.34. The molecule has 1 aliphatic carbocycles. The van der Waals surface area contributed by atoms with Crippen molar-refractivity contribution < 1.29 is 20.4 Å².